The lowest BCUT2D eigenvalue weighted by molar-refractivity contribution is -0.164. The standard InChI is InChI=1S/C8H17NO3/c1-4-9(5-2)12-7-6-8(10)11-3/h4-7H2,1-3H3. The van der Waals surface area contributed by atoms with Crippen molar-refractivity contribution < 1.29 is 14.4 Å². The van der Waals surface area contributed by atoms with E-state index in [9.17, 15) is 4.79 Å². The van der Waals surface area contributed by atoms with Gasteiger partial charge in [0, 0.05) is 13.1 Å². The van der Waals surface area contributed by atoms with E-state index in [0.29, 0.717) is 13.0 Å². The molecule has 0 aromatic rings. The molecule has 0 bridgehead atoms. The van der Waals surface area contributed by atoms with Crippen molar-refractivity contribution in [1.82, 2.24) is 5.06 Å². The molecule has 0 N–H and O–H groups in total. The van der Waals surface area contributed by atoms with E-state index in [1.54, 1.807) is 5.06 Å². The fraction of sp³-hybridized carbons (Fsp3) is 0.875. The summed E-state index contributed by atoms with van der Waals surface area (Å²) < 4.78 is 4.46. The maximum atomic E-state index is 10.6. The third-order valence-corrected chi connectivity index (χ3v) is 1.51. The summed E-state index contributed by atoms with van der Waals surface area (Å²) in [4.78, 5) is 15.9. The van der Waals surface area contributed by atoms with Gasteiger partial charge in [-0.15, -0.1) is 0 Å². The van der Waals surface area contributed by atoms with Crippen LogP contribution in [0.5, 0.6) is 0 Å². The Bertz CT molecular complexity index is 123. The lowest BCUT2D eigenvalue weighted by Crippen LogP contribution is -2.24. The number of hydroxylamine groups is 2. The van der Waals surface area contributed by atoms with Gasteiger partial charge in [0.15, 0.2) is 0 Å². The van der Waals surface area contributed by atoms with Crippen LogP contribution in [0.4, 0.5) is 0 Å². The number of carbonyl (C=O) groups excluding carboxylic acids is 1. The monoisotopic (exact) mass is 175 g/mol. The fourth-order valence-corrected chi connectivity index (χ4v) is 0.766. The van der Waals surface area contributed by atoms with Crippen LogP contribution in [0.3, 0.4) is 0 Å². The van der Waals surface area contributed by atoms with Gasteiger partial charge in [0.1, 0.15) is 0 Å². The Labute approximate surface area is 73.4 Å². The molecule has 0 heterocycles. The van der Waals surface area contributed by atoms with Crippen molar-refractivity contribution in [1.29, 1.82) is 0 Å². The Balaban J connectivity index is 3.34. The summed E-state index contributed by atoms with van der Waals surface area (Å²) in [7, 11) is 1.37. The zero-order valence-electron chi connectivity index (χ0n) is 8.00. The normalized spacial score (nSPS) is 10.3. The summed E-state index contributed by atoms with van der Waals surface area (Å²) in [5.41, 5.74) is 0. The summed E-state index contributed by atoms with van der Waals surface area (Å²) in [6.07, 6.45) is 0.312. The predicted molar refractivity (Wildman–Crippen MR) is 45.5 cm³/mol. The Hall–Kier alpha value is -0.610. The molecule has 12 heavy (non-hydrogen) atoms. The minimum Gasteiger partial charge on any atom is -0.469 e. The first-order valence-electron chi connectivity index (χ1n) is 4.19. The highest BCUT2D eigenvalue weighted by molar-refractivity contribution is 5.69. The maximum Gasteiger partial charge on any atom is 0.307 e. The lowest BCUT2D eigenvalue weighted by Gasteiger charge is -2.16. The third-order valence-electron chi connectivity index (χ3n) is 1.51. The zero-order chi connectivity index (χ0) is 9.40. The van der Waals surface area contributed by atoms with Crippen LogP contribution in [0.25, 0.3) is 0 Å². The summed E-state index contributed by atoms with van der Waals surface area (Å²) in [6, 6.07) is 0. The van der Waals surface area contributed by atoms with Crippen molar-refractivity contribution in [3.63, 3.8) is 0 Å². The van der Waals surface area contributed by atoms with E-state index < -0.39 is 0 Å². The smallest absolute Gasteiger partial charge is 0.307 e. The van der Waals surface area contributed by atoms with Crippen molar-refractivity contribution in [2.24, 2.45) is 0 Å². The van der Waals surface area contributed by atoms with Gasteiger partial charge < -0.3 is 4.74 Å². The van der Waals surface area contributed by atoms with Crippen molar-refractivity contribution in [3.05, 3.63) is 0 Å². The summed E-state index contributed by atoms with van der Waals surface area (Å²) in [5, 5.41) is 1.79. The zero-order valence-corrected chi connectivity index (χ0v) is 8.00. The lowest BCUT2D eigenvalue weighted by atomic mass is 10.5. The molecule has 72 valence electrons. The number of hydrogen-bond donors (Lipinski definition) is 0. The number of ether oxygens (including phenoxy) is 1. The molecule has 0 aromatic heterocycles. The minimum atomic E-state index is -0.234. The van der Waals surface area contributed by atoms with Crippen LogP contribution < -0.4 is 0 Å². The molecule has 0 rings (SSSR count). The maximum absolute atomic E-state index is 10.6. The number of methoxy groups -OCH3 is 1. The van der Waals surface area contributed by atoms with Gasteiger partial charge in [-0.3, -0.25) is 9.63 Å². The van der Waals surface area contributed by atoms with E-state index >= 15 is 0 Å². The number of rotatable bonds is 6. The SMILES string of the molecule is CCN(CC)OCCC(=O)OC. The van der Waals surface area contributed by atoms with E-state index in [1.807, 2.05) is 13.8 Å². The molecule has 0 fully saturated rings. The second-order valence-corrected chi connectivity index (χ2v) is 2.27. The summed E-state index contributed by atoms with van der Waals surface area (Å²) >= 11 is 0. The van der Waals surface area contributed by atoms with Gasteiger partial charge in [-0.25, -0.2) is 0 Å². The number of hydrogen-bond acceptors (Lipinski definition) is 4. The molecule has 4 nitrogen and oxygen atoms in total. The first-order valence-corrected chi connectivity index (χ1v) is 4.19. The molecule has 0 aromatic carbocycles. The minimum absolute atomic E-state index is 0.234. The predicted octanol–water partition coefficient (Wildman–Crippen LogP) is 0.823. The fourth-order valence-electron chi connectivity index (χ4n) is 0.766. The molecule has 0 aliphatic heterocycles. The van der Waals surface area contributed by atoms with Crippen molar-refractivity contribution in [3.8, 4) is 0 Å². The molecule has 0 aliphatic carbocycles. The number of carbonyl (C=O) groups is 1. The van der Waals surface area contributed by atoms with Crippen LogP contribution in [0, 0.1) is 0 Å². The Morgan fingerprint density at radius 3 is 2.33 bits per heavy atom. The second kappa shape index (κ2) is 7.06. The van der Waals surface area contributed by atoms with Crippen molar-refractivity contribution >= 4 is 5.97 Å². The molecule has 0 amide bonds. The molecule has 0 spiro atoms. The van der Waals surface area contributed by atoms with E-state index in [1.165, 1.54) is 7.11 Å². The van der Waals surface area contributed by atoms with E-state index in [4.69, 9.17) is 4.84 Å². The van der Waals surface area contributed by atoms with Crippen LogP contribution in [0.2, 0.25) is 0 Å². The first kappa shape index (κ1) is 11.4. The molecule has 0 radical (unpaired) electrons. The Kier molecular flexibility index (Phi) is 6.70. The molecule has 0 saturated carbocycles. The highest BCUT2D eigenvalue weighted by Crippen LogP contribution is 1.92. The quantitative estimate of drug-likeness (QED) is 0.442. The molecule has 0 saturated heterocycles. The van der Waals surface area contributed by atoms with E-state index in [0.717, 1.165) is 13.1 Å². The molecular formula is C8H17NO3. The van der Waals surface area contributed by atoms with Crippen molar-refractivity contribution in [2.75, 3.05) is 26.8 Å². The van der Waals surface area contributed by atoms with Gasteiger partial charge in [0.25, 0.3) is 0 Å². The Morgan fingerprint density at radius 2 is 1.92 bits per heavy atom. The molecule has 0 aliphatic rings. The van der Waals surface area contributed by atoms with Crippen LogP contribution in [-0.4, -0.2) is 37.8 Å². The molecule has 0 unspecified atom stereocenters. The summed E-state index contributed by atoms with van der Waals surface area (Å²) in [6.45, 7) is 6.06. The Morgan fingerprint density at radius 1 is 1.33 bits per heavy atom. The third kappa shape index (κ3) is 5.09. The molecule has 0 atom stereocenters. The van der Waals surface area contributed by atoms with Crippen molar-refractivity contribution in [2.45, 2.75) is 20.3 Å². The van der Waals surface area contributed by atoms with Crippen LogP contribution in [0.1, 0.15) is 20.3 Å². The van der Waals surface area contributed by atoms with Gasteiger partial charge in [-0.05, 0) is 0 Å². The average molecular weight is 175 g/mol. The van der Waals surface area contributed by atoms with Gasteiger partial charge in [-0.2, -0.15) is 5.06 Å². The topological polar surface area (TPSA) is 38.8 Å². The van der Waals surface area contributed by atoms with E-state index in [2.05, 4.69) is 4.74 Å². The summed E-state index contributed by atoms with van der Waals surface area (Å²) in [5.74, 6) is -0.234. The van der Waals surface area contributed by atoms with Crippen LogP contribution in [-0.2, 0) is 14.4 Å². The van der Waals surface area contributed by atoms with Gasteiger partial charge in [0.2, 0.25) is 0 Å². The first-order chi connectivity index (χ1) is 5.74. The second-order valence-electron chi connectivity index (χ2n) is 2.27. The van der Waals surface area contributed by atoms with Gasteiger partial charge in [0.05, 0.1) is 20.1 Å². The highest BCUT2D eigenvalue weighted by atomic mass is 16.7. The molecule has 4 heteroatoms. The number of nitrogens with zero attached hydrogens (tertiary/aromatic N) is 1. The highest BCUT2D eigenvalue weighted by Gasteiger charge is 2.02. The van der Waals surface area contributed by atoms with Gasteiger partial charge in [-0.1, -0.05) is 13.8 Å². The van der Waals surface area contributed by atoms with Gasteiger partial charge >= 0.3 is 5.97 Å². The van der Waals surface area contributed by atoms with E-state index in [-0.39, 0.29) is 5.97 Å². The molecular weight excluding hydrogens is 158 g/mol. The van der Waals surface area contributed by atoms with Crippen LogP contribution >= 0.6 is 0 Å². The average Bonchev–Trinajstić information content (AvgIpc) is 2.12. The number of esters is 1. The van der Waals surface area contributed by atoms with Crippen LogP contribution in [0.15, 0.2) is 0 Å². The largest absolute Gasteiger partial charge is 0.469 e.